The zero-order valence-corrected chi connectivity index (χ0v) is 12.2. The third-order valence-corrected chi connectivity index (χ3v) is 2.79. The van der Waals surface area contributed by atoms with Gasteiger partial charge in [-0.15, -0.1) is 0 Å². The Kier molecular flexibility index (Phi) is 3.68. The largest absolute Gasteiger partial charge is 0.472 e. The Labute approximate surface area is 108 Å². The first-order valence-corrected chi connectivity index (χ1v) is 5.97. The minimum Gasteiger partial charge on any atom is -0.472 e. The van der Waals surface area contributed by atoms with Crippen molar-refractivity contribution in [1.82, 2.24) is 4.90 Å². The van der Waals surface area contributed by atoms with Crippen molar-refractivity contribution in [2.75, 3.05) is 7.11 Å². The third-order valence-electron chi connectivity index (χ3n) is 2.79. The van der Waals surface area contributed by atoms with Gasteiger partial charge >= 0.3 is 6.09 Å². The molecule has 0 spiro atoms. The highest BCUT2D eigenvalue weighted by molar-refractivity contribution is 5.71. The van der Waals surface area contributed by atoms with E-state index < -0.39 is 17.9 Å². The van der Waals surface area contributed by atoms with E-state index in [9.17, 15) is 9.90 Å². The maximum absolute atomic E-state index is 12.0. The number of amides is 1. The predicted molar refractivity (Wildman–Crippen MR) is 67.6 cm³/mol. The molecule has 0 saturated heterocycles. The number of rotatable bonds is 1. The standard InChI is InChI=1S/C13H23NO4/c1-8-9(13(5,6)16)14(11(15)17-7)10(18-8)12(2,3)4/h10,16H,1-7H3. The summed E-state index contributed by atoms with van der Waals surface area (Å²) in [5, 5.41) is 10.2. The van der Waals surface area contributed by atoms with Crippen LogP contribution in [-0.2, 0) is 9.47 Å². The summed E-state index contributed by atoms with van der Waals surface area (Å²) in [4.78, 5) is 13.4. The van der Waals surface area contributed by atoms with Crippen LogP contribution >= 0.6 is 0 Å². The van der Waals surface area contributed by atoms with Crippen LogP contribution in [0.3, 0.4) is 0 Å². The normalized spacial score (nSPS) is 21.1. The zero-order chi connectivity index (χ0) is 14.3. The summed E-state index contributed by atoms with van der Waals surface area (Å²) in [6.45, 7) is 10.9. The Hall–Kier alpha value is -1.23. The quantitative estimate of drug-likeness (QED) is 0.784. The fourth-order valence-electron chi connectivity index (χ4n) is 2.14. The van der Waals surface area contributed by atoms with E-state index in [0.29, 0.717) is 11.5 Å². The van der Waals surface area contributed by atoms with Crippen molar-refractivity contribution in [3.05, 3.63) is 11.5 Å². The molecule has 1 N–H and O–H groups in total. The Morgan fingerprint density at radius 2 is 1.83 bits per heavy atom. The average molecular weight is 257 g/mol. The summed E-state index contributed by atoms with van der Waals surface area (Å²) in [7, 11) is 1.32. The van der Waals surface area contributed by atoms with Gasteiger partial charge in [-0.05, 0) is 20.8 Å². The van der Waals surface area contributed by atoms with E-state index in [-0.39, 0.29) is 5.41 Å². The molecule has 5 heteroatoms. The van der Waals surface area contributed by atoms with E-state index in [0.717, 1.165) is 0 Å². The molecule has 0 saturated carbocycles. The molecule has 0 radical (unpaired) electrons. The molecule has 0 fully saturated rings. The Morgan fingerprint density at radius 3 is 2.17 bits per heavy atom. The molecule has 1 heterocycles. The van der Waals surface area contributed by atoms with E-state index in [1.807, 2.05) is 20.8 Å². The van der Waals surface area contributed by atoms with Gasteiger partial charge < -0.3 is 14.6 Å². The molecular weight excluding hydrogens is 234 g/mol. The van der Waals surface area contributed by atoms with Gasteiger partial charge in [0.15, 0.2) is 6.23 Å². The van der Waals surface area contributed by atoms with Gasteiger partial charge in [-0.2, -0.15) is 0 Å². The van der Waals surface area contributed by atoms with Crippen LogP contribution in [0.4, 0.5) is 4.79 Å². The Morgan fingerprint density at radius 1 is 1.33 bits per heavy atom. The number of nitrogens with zero attached hydrogens (tertiary/aromatic N) is 1. The topological polar surface area (TPSA) is 59.0 Å². The van der Waals surface area contributed by atoms with E-state index in [4.69, 9.17) is 9.47 Å². The van der Waals surface area contributed by atoms with Gasteiger partial charge in [0.05, 0.1) is 12.8 Å². The van der Waals surface area contributed by atoms with Crippen molar-refractivity contribution in [3.8, 4) is 0 Å². The summed E-state index contributed by atoms with van der Waals surface area (Å²) in [6, 6.07) is 0. The molecule has 0 aromatic heterocycles. The molecule has 0 aromatic rings. The van der Waals surface area contributed by atoms with Crippen molar-refractivity contribution in [3.63, 3.8) is 0 Å². The van der Waals surface area contributed by atoms with Crippen LogP contribution in [-0.4, -0.2) is 35.0 Å². The van der Waals surface area contributed by atoms with Crippen LogP contribution in [0.15, 0.2) is 11.5 Å². The van der Waals surface area contributed by atoms with E-state index in [1.165, 1.54) is 12.0 Å². The van der Waals surface area contributed by atoms with Crippen molar-refractivity contribution in [1.29, 1.82) is 0 Å². The average Bonchev–Trinajstić information content (AvgIpc) is 2.53. The summed E-state index contributed by atoms with van der Waals surface area (Å²) in [6.07, 6.45) is -1.00. The summed E-state index contributed by atoms with van der Waals surface area (Å²) >= 11 is 0. The molecule has 0 aromatic carbocycles. The fraction of sp³-hybridized carbons (Fsp3) is 0.769. The van der Waals surface area contributed by atoms with Gasteiger partial charge in [0.2, 0.25) is 0 Å². The first-order valence-electron chi connectivity index (χ1n) is 5.97. The number of carbonyl (C=O) groups is 1. The van der Waals surface area contributed by atoms with Gasteiger partial charge in [-0.3, -0.25) is 0 Å². The lowest BCUT2D eigenvalue weighted by Crippen LogP contribution is -2.48. The molecule has 104 valence electrons. The van der Waals surface area contributed by atoms with Crippen molar-refractivity contribution in [2.45, 2.75) is 53.4 Å². The monoisotopic (exact) mass is 257 g/mol. The lowest BCUT2D eigenvalue weighted by atomic mass is 9.92. The number of allylic oxidation sites excluding steroid dienone is 1. The first kappa shape index (κ1) is 14.8. The highest BCUT2D eigenvalue weighted by Crippen LogP contribution is 2.40. The summed E-state index contributed by atoms with van der Waals surface area (Å²) in [5.41, 5.74) is -1.00. The minimum atomic E-state index is -1.17. The number of aliphatic hydroxyl groups is 1. The summed E-state index contributed by atoms with van der Waals surface area (Å²) in [5.74, 6) is 0.549. The lowest BCUT2D eigenvalue weighted by molar-refractivity contribution is -0.0422. The molecule has 1 rings (SSSR count). The van der Waals surface area contributed by atoms with Crippen molar-refractivity contribution < 1.29 is 19.4 Å². The molecule has 18 heavy (non-hydrogen) atoms. The third kappa shape index (κ3) is 2.61. The number of hydrogen-bond donors (Lipinski definition) is 1. The molecule has 5 nitrogen and oxygen atoms in total. The van der Waals surface area contributed by atoms with Crippen LogP contribution in [0, 0.1) is 5.41 Å². The highest BCUT2D eigenvalue weighted by atomic mass is 16.6. The molecular formula is C13H23NO4. The van der Waals surface area contributed by atoms with E-state index >= 15 is 0 Å². The van der Waals surface area contributed by atoms with Crippen LogP contribution in [0.1, 0.15) is 41.5 Å². The molecule has 1 aliphatic heterocycles. The van der Waals surface area contributed by atoms with Gasteiger partial charge in [0, 0.05) is 5.41 Å². The second kappa shape index (κ2) is 4.46. The molecule has 0 bridgehead atoms. The van der Waals surface area contributed by atoms with Gasteiger partial charge in [0.1, 0.15) is 11.4 Å². The zero-order valence-electron chi connectivity index (χ0n) is 12.2. The van der Waals surface area contributed by atoms with Crippen molar-refractivity contribution >= 4 is 6.09 Å². The van der Waals surface area contributed by atoms with Gasteiger partial charge in [-0.1, -0.05) is 20.8 Å². The van der Waals surface area contributed by atoms with Crippen LogP contribution < -0.4 is 0 Å². The first-order chi connectivity index (χ1) is 8.00. The second-order valence-electron chi connectivity index (χ2n) is 6.14. The smallest absolute Gasteiger partial charge is 0.416 e. The van der Waals surface area contributed by atoms with Crippen molar-refractivity contribution in [2.24, 2.45) is 5.41 Å². The number of hydrogen-bond acceptors (Lipinski definition) is 4. The van der Waals surface area contributed by atoms with Crippen LogP contribution in [0.5, 0.6) is 0 Å². The van der Waals surface area contributed by atoms with E-state index in [2.05, 4.69) is 0 Å². The maximum Gasteiger partial charge on any atom is 0.416 e. The molecule has 0 aliphatic carbocycles. The van der Waals surface area contributed by atoms with Crippen LogP contribution in [0.2, 0.25) is 0 Å². The highest BCUT2D eigenvalue weighted by Gasteiger charge is 2.47. The number of carbonyl (C=O) groups excluding carboxylic acids is 1. The molecule has 1 amide bonds. The SMILES string of the molecule is COC(=O)N1C(C(C)(C)O)=C(C)OC1C(C)(C)C. The lowest BCUT2D eigenvalue weighted by Gasteiger charge is -2.35. The summed E-state index contributed by atoms with van der Waals surface area (Å²) < 4.78 is 10.5. The minimum absolute atomic E-state index is 0.289. The number of ether oxygens (including phenoxy) is 2. The van der Waals surface area contributed by atoms with Crippen LogP contribution in [0.25, 0.3) is 0 Å². The molecule has 1 aliphatic rings. The predicted octanol–water partition coefficient (Wildman–Crippen LogP) is 2.46. The second-order valence-corrected chi connectivity index (χ2v) is 6.14. The van der Waals surface area contributed by atoms with Gasteiger partial charge in [0.25, 0.3) is 0 Å². The fourth-order valence-corrected chi connectivity index (χ4v) is 2.14. The number of methoxy groups -OCH3 is 1. The molecule has 1 unspecified atom stereocenters. The molecule has 1 atom stereocenters. The van der Waals surface area contributed by atoms with Gasteiger partial charge in [-0.25, -0.2) is 9.69 Å². The Bertz CT molecular complexity index is 373. The maximum atomic E-state index is 12.0. The van der Waals surface area contributed by atoms with E-state index in [1.54, 1.807) is 20.8 Å². The Balaban J connectivity index is 3.25.